The van der Waals surface area contributed by atoms with Crippen molar-refractivity contribution in [2.45, 2.75) is 4.83 Å². The van der Waals surface area contributed by atoms with Crippen LogP contribution in [-0.2, 0) is 4.74 Å². The summed E-state index contributed by atoms with van der Waals surface area (Å²) in [7, 11) is 1.16. The zero-order chi connectivity index (χ0) is 12.3. The Kier molecular flexibility index (Phi) is 3.74. The van der Waals surface area contributed by atoms with Crippen LogP contribution in [0.25, 0.3) is 0 Å². The molecule has 0 unspecified atom stereocenters. The molecule has 0 spiro atoms. The van der Waals surface area contributed by atoms with Crippen molar-refractivity contribution in [1.82, 2.24) is 0 Å². The van der Waals surface area contributed by atoms with Gasteiger partial charge in [-0.05, 0) is 28.1 Å². The van der Waals surface area contributed by atoms with E-state index in [1.165, 1.54) is 18.2 Å². The summed E-state index contributed by atoms with van der Waals surface area (Å²) in [4.78, 5) is 18.6. The summed E-state index contributed by atoms with van der Waals surface area (Å²) in [6.07, 6.45) is 0. The molecule has 1 aromatic carbocycles. The minimum atomic E-state index is -3.64. The first-order chi connectivity index (χ1) is 7.36. The monoisotopic (exact) mass is 292 g/mol. The van der Waals surface area contributed by atoms with Crippen molar-refractivity contribution in [3.05, 3.63) is 35.4 Å². The first kappa shape index (κ1) is 12.8. The topological polar surface area (TPSA) is 43.4 Å². The molecule has 0 aliphatic carbocycles. The van der Waals surface area contributed by atoms with E-state index in [-0.39, 0.29) is 11.1 Å². The van der Waals surface area contributed by atoms with Gasteiger partial charge in [0, 0.05) is 5.56 Å². The van der Waals surface area contributed by atoms with E-state index in [1.807, 2.05) is 15.9 Å². The Morgan fingerprint density at radius 1 is 1.31 bits per heavy atom. The standard InChI is InChI=1S/C10H7BrF2O3/c1-16-9(15)7-4-2-3-6(5-7)8(14)10(11,12)13/h2-5H,1H3. The summed E-state index contributed by atoms with van der Waals surface area (Å²) in [5.74, 6) is -2.09. The Morgan fingerprint density at radius 2 is 1.88 bits per heavy atom. The van der Waals surface area contributed by atoms with Gasteiger partial charge in [-0.25, -0.2) is 4.79 Å². The van der Waals surface area contributed by atoms with Crippen LogP contribution in [0.3, 0.4) is 0 Å². The average molecular weight is 293 g/mol. The van der Waals surface area contributed by atoms with Gasteiger partial charge < -0.3 is 4.74 Å². The van der Waals surface area contributed by atoms with Crippen molar-refractivity contribution in [3.8, 4) is 0 Å². The second-order valence-electron chi connectivity index (χ2n) is 2.90. The van der Waals surface area contributed by atoms with E-state index in [1.54, 1.807) is 0 Å². The first-order valence-corrected chi connectivity index (χ1v) is 4.95. The maximum absolute atomic E-state index is 12.7. The number of carbonyl (C=O) groups excluding carboxylic acids is 2. The predicted octanol–water partition coefficient (Wildman–Crippen LogP) is 2.64. The highest BCUT2D eigenvalue weighted by Crippen LogP contribution is 2.26. The predicted molar refractivity (Wildman–Crippen MR) is 56.0 cm³/mol. The van der Waals surface area contributed by atoms with Crippen molar-refractivity contribution in [1.29, 1.82) is 0 Å². The van der Waals surface area contributed by atoms with Crippen molar-refractivity contribution in [2.75, 3.05) is 7.11 Å². The van der Waals surface area contributed by atoms with Gasteiger partial charge in [0.1, 0.15) is 0 Å². The van der Waals surface area contributed by atoms with E-state index in [9.17, 15) is 18.4 Å². The first-order valence-electron chi connectivity index (χ1n) is 4.16. The lowest BCUT2D eigenvalue weighted by Gasteiger charge is -2.07. The van der Waals surface area contributed by atoms with Gasteiger partial charge in [0.15, 0.2) is 0 Å². The molecule has 16 heavy (non-hydrogen) atoms. The summed E-state index contributed by atoms with van der Waals surface area (Å²) in [5, 5.41) is 0. The van der Waals surface area contributed by atoms with Crippen molar-refractivity contribution in [3.63, 3.8) is 0 Å². The number of ether oxygens (including phenoxy) is 1. The quantitative estimate of drug-likeness (QED) is 0.489. The zero-order valence-electron chi connectivity index (χ0n) is 8.17. The molecule has 0 fully saturated rings. The molecule has 0 aliphatic rings. The molecule has 0 aliphatic heterocycles. The number of esters is 1. The van der Waals surface area contributed by atoms with Crippen LogP contribution in [0.2, 0.25) is 0 Å². The van der Waals surface area contributed by atoms with Gasteiger partial charge in [-0.3, -0.25) is 4.79 Å². The highest BCUT2D eigenvalue weighted by atomic mass is 79.9. The smallest absolute Gasteiger partial charge is 0.363 e. The minimum absolute atomic E-state index is 0.0464. The number of carbonyl (C=O) groups is 2. The maximum atomic E-state index is 12.7. The molecule has 3 nitrogen and oxygen atoms in total. The number of rotatable bonds is 3. The zero-order valence-corrected chi connectivity index (χ0v) is 9.75. The van der Waals surface area contributed by atoms with E-state index in [0.29, 0.717) is 0 Å². The summed E-state index contributed by atoms with van der Waals surface area (Å²) in [6.45, 7) is 0. The summed E-state index contributed by atoms with van der Waals surface area (Å²) < 4.78 is 29.7. The van der Waals surface area contributed by atoms with E-state index >= 15 is 0 Å². The number of ketones is 1. The molecule has 0 radical (unpaired) electrons. The van der Waals surface area contributed by atoms with Crippen LogP contribution in [0.5, 0.6) is 0 Å². The van der Waals surface area contributed by atoms with E-state index in [2.05, 4.69) is 4.74 Å². The van der Waals surface area contributed by atoms with E-state index in [4.69, 9.17) is 0 Å². The Balaban J connectivity index is 3.09. The van der Waals surface area contributed by atoms with Crippen LogP contribution in [-0.4, -0.2) is 23.7 Å². The number of methoxy groups -OCH3 is 1. The largest absolute Gasteiger partial charge is 0.465 e. The van der Waals surface area contributed by atoms with Gasteiger partial charge in [0.2, 0.25) is 5.78 Å². The third-order valence-electron chi connectivity index (χ3n) is 1.80. The highest BCUT2D eigenvalue weighted by Gasteiger charge is 2.35. The fourth-order valence-corrected chi connectivity index (χ4v) is 1.30. The molecule has 0 heterocycles. The Labute approximate surface area is 98.5 Å². The van der Waals surface area contributed by atoms with Crippen LogP contribution in [0.4, 0.5) is 8.78 Å². The average Bonchev–Trinajstić information content (AvgIpc) is 2.26. The summed E-state index contributed by atoms with van der Waals surface area (Å²) in [5.41, 5.74) is -0.213. The summed E-state index contributed by atoms with van der Waals surface area (Å²) >= 11 is 1.96. The highest BCUT2D eigenvalue weighted by molar-refractivity contribution is 9.10. The summed E-state index contributed by atoms with van der Waals surface area (Å²) in [6, 6.07) is 4.96. The number of alkyl halides is 3. The molecule has 0 bridgehead atoms. The fourth-order valence-electron chi connectivity index (χ4n) is 1.07. The van der Waals surface area contributed by atoms with Gasteiger partial charge in [-0.15, -0.1) is 0 Å². The third kappa shape index (κ3) is 2.85. The lowest BCUT2D eigenvalue weighted by molar-refractivity contribution is 0.0589. The van der Waals surface area contributed by atoms with Crippen molar-refractivity contribution < 1.29 is 23.1 Å². The normalized spacial score (nSPS) is 11.0. The van der Waals surface area contributed by atoms with Crippen LogP contribution in [0, 0.1) is 0 Å². The number of hydrogen-bond acceptors (Lipinski definition) is 3. The number of benzene rings is 1. The van der Waals surface area contributed by atoms with Crippen LogP contribution < -0.4 is 0 Å². The minimum Gasteiger partial charge on any atom is -0.465 e. The van der Waals surface area contributed by atoms with Crippen molar-refractivity contribution in [2.24, 2.45) is 0 Å². The fraction of sp³-hybridized carbons (Fsp3) is 0.200. The second kappa shape index (κ2) is 4.69. The molecule has 1 aromatic rings. The van der Waals surface area contributed by atoms with Gasteiger partial charge in [-0.2, -0.15) is 8.78 Å². The van der Waals surface area contributed by atoms with Crippen LogP contribution in [0.1, 0.15) is 20.7 Å². The van der Waals surface area contributed by atoms with E-state index < -0.39 is 16.6 Å². The number of hydrogen-bond donors (Lipinski definition) is 0. The number of Topliss-reactive ketones (excluding diaryl/α,β-unsaturated/α-hetero) is 1. The van der Waals surface area contributed by atoms with Crippen LogP contribution in [0.15, 0.2) is 24.3 Å². The lowest BCUT2D eigenvalue weighted by atomic mass is 10.1. The molecule has 0 amide bonds. The second-order valence-corrected chi connectivity index (χ2v) is 3.90. The Bertz CT molecular complexity index is 426. The van der Waals surface area contributed by atoms with Gasteiger partial charge >= 0.3 is 10.8 Å². The SMILES string of the molecule is COC(=O)c1cccc(C(=O)C(F)(F)Br)c1. The third-order valence-corrected chi connectivity index (χ3v) is 2.16. The van der Waals surface area contributed by atoms with Gasteiger partial charge in [0.05, 0.1) is 12.7 Å². The molecule has 1 rings (SSSR count). The molecule has 0 saturated carbocycles. The molecule has 86 valence electrons. The Morgan fingerprint density at radius 3 is 2.38 bits per heavy atom. The van der Waals surface area contributed by atoms with Gasteiger partial charge in [0.25, 0.3) is 0 Å². The molecule has 0 atom stereocenters. The van der Waals surface area contributed by atoms with Gasteiger partial charge in [-0.1, -0.05) is 12.1 Å². The molecule has 0 aromatic heterocycles. The lowest BCUT2D eigenvalue weighted by Crippen LogP contribution is -2.21. The Hall–Kier alpha value is -1.30. The number of halogens is 3. The van der Waals surface area contributed by atoms with E-state index in [0.717, 1.165) is 13.2 Å². The molecule has 6 heteroatoms. The van der Waals surface area contributed by atoms with Crippen LogP contribution >= 0.6 is 15.9 Å². The molecular formula is C10H7BrF2O3. The molecule has 0 saturated heterocycles. The molecule has 0 N–H and O–H groups in total. The maximum Gasteiger partial charge on any atom is 0.363 e. The molecular weight excluding hydrogens is 286 g/mol. The van der Waals surface area contributed by atoms with Crippen molar-refractivity contribution >= 4 is 27.7 Å².